The van der Waals surface area contributed by atoms with Crippen LogP contribution in [0.25, 0.3) is 66.1 Å². The van der Waals surface area contributed by atoms with Gasteiger partial charge in [-0.3, -0.25) is 0 Å². The van der Waals surface area contributed by atoms with E-state index in [0.717, 1.165) is 19.3 Å². The Labute approximate surface area is 396 Å². The van der Waals surface area contributed by atoms with Gasteiger partial charge in [-0.15, -0.1) is 0 Å². The molecule has 10 aromatic rings. The molecule has 0 unspecified atom stereocenters. The standard InChI is InChI=1S/C56H46N2.C9H12/c1-37-15-11-13-21-48(37)49-31-30-47(33-40(49)4)57(44-17-7-5-8-18-44)46-28-25-41(26-29-46)42-27-32-54-52(34-42)53-35-43-24-23-39(3)56(50-22-14-12-16-38(50)2)51(43)36-55(53)58(54)45-19-9-6-10-20-45;1-3-9-7-5-4-6-8(9)2/h5-25,27-28,30-36H,26,29H2,1-4H3;4-7H,3H2,1-2H3. The average molecular weight is 867 g/mol. The van der Waals surface area contributed by atoms with E-state index in [-0.39, 0.29) is 0 Å². The highest BCUT2D eigenvalue weighted by Gasteiger charge is 2.21. The number of hydrogen-bond donors (Lipinski definition) is 0. The highest BCUT2D eigenvalue weighted by molar-refractivity contribution is 6.16. The maximum atomic E-state index is 2.45. The highest BCUT2D eigenvalue weighted by Crippen LogP contribution is 2.43. The van der Waals surface area contributed by atoms with Crippen LogP contribution in [0.4, 0.5) is 11.4 Å². The van der Waals surface area contributed by atoms with Gasteiger partial charge in [0.2, 0.25) is 0 Å². The first kappa shape index (κ1) is 43.2. The van der Waals surface area contributed by atoms with Gasteiger partial charge in [0.05, 0.1) is 11.0 Å². The number of hydrogen-bond acceptors (Lipinski definition) is 1. The van der Waals surface area contributed by atoms with Crippen LogP contribution in [-0.4, -0.2) is 4.57 Å². The molecule has 0 saturated carbocycles. The Hall–Kier alpha value is -7.68. The summed E-state index contributed by atoms with van der Waals surface area (Å²) in [5, 5.41) is 5.11. The van der Waals surface area contributed by atoms with Gasteiger partial charge in [0.1, 0.15) is 0 Å². The van der Waals surface area contributed by atoms with Crippen molar-refractivity contribution < 1.29 is 0 Å². The fourth-order valence-electron chi connectivity index (χ4n) is 10.3. The maximum Gasteiger partial charge on any atom is 0.0547 e. The largest absolute Gasteiger partial charge is 0.314 e. The molecule has 0 spiro atoms. The first-order chi connectivity index (χ1) is 32.8. The summed E-state index contributed by atoms with van der Waals surface area (Å²) in [6.07, 6.45) is 7.74. The molecule has 0 saturated heterocycles. The van der Waals surface area contributed by atoms with Gasteiger partial charge < -0.3 is 9.47 Å². The molecule has 2 heteroatoms. The van der Waals surface area contributed by atoms with E-state index in [9.17, 15) is 0 Å². The Bertz CT molecular complexity index is 3490. The maximum absolute atomic E-state index is 2.45. The summed E-state index contributed by atoms with van der Waals surface area (Å²) in [4.78, 5) is 2.44. The van der Waals surface area contributed by atoms with Crippen molar-refractivity contribution >= 4 is 49.5 Å². The second-order valence-corrected chi connectivity index (χ2v) is 18.2. The van der Waals surface area contributed by atoms with Crippen LogP contribution in [0.1, 0.15) is 58.7 Å². The SMILES string of the molecule is CCc1ccccc1C.Cc1ccccc1-c1ccc(N(C2=CC=C(c3ccc4c(c3)c3cc5ccc(C)c(-c6ccccc6C)c5cc3n4-c3ccccc3)CC2)c2ccccc2)cc1C. The van der Waals surface area contributed by atoms with Gasteiger partial charge in [0, 0.05) is 33.5 Å². The van der Waals surface area contributed by atoms with E-state index in [1.165, 1.54) is 122 Å². The second kappa shape index (κ2) is 18.7. The first-order valence-electron chi connectivity index (χ1n) is 23.9. The minimum atomic E-state index is 0.939. The summed E-state index contributed by atoms with van der Waals surface area (Å²) in [5.74, 6) is 0. The normalized spacial score (nSPS) is 12.4. The molecule has 0 radical (unpaired) electrons. The second-order valence-electron chi connectivity index (χ2n) is 18.2. The van der Waals surface area contributed by atoms with Gasteiger partial charge in [0.25, 0.3) is 0 Å². The number of para-hydroxylation sites is 2. The summed E-state index contributed by atoms with van der Waals surface area (Å²) in [5.41, 5.74) is 23.1. The molecular formula is C65H58N2. The van der Waals surface area contributed by atoms with Crippen molar-refractivity contribution in [2.75, 3.05) is 4.90 Å². The lowest BCUT2D eigenvalue weighted by Crippen LogP contribution is -2.18. The Morgan fingerprint density at radius 3 is 1.73 bits per heavy atom. The van der Waals surface area contributed by atoms with Crippen molar-refractivity contribution in [3.8, 4) is 27.9 Å². The number of nitrogens with zero attached hydrogens (tertiary/aromatic N) is 2. The van der Waals surface area contributed by atoms with Gasteiger partial charge in [-0.2, -0.15) is 0 Å². The Kier molecular flexibility index (Phi) is 12.0. The number of aromatic nitrogens is 1. The summed E-state index contributed by atoms with van der Waals surface area (Å²) in [7, 11) is 0. The number of benzene rings is 9. The minimum absolute atomic E-state index is 0.939. The molecule has 0 aliphatic heterocycles. The third-order valence-corrected chi connectivity index (χ3v) is 13.9. The van der Waals surface area contributed by atoms with Gasteiger partial charge in [-0.25, -0.2) is 0 Å². The molecule has 0 bridgehead atoms. The van der Waals surface area contributed by atoms with Crippen molar-refractivity contribution in [2.45, 2.75) is 60.8 Å². The monoisotopic (exact) mass is 866 g/mol. The summed E-state index contributed by atoms with van der Waals surface area (Å²) in [6, 6.07) is 71.0. The third kappa shape index (κ3) is 8.41. The summed E-state index contributed by atoms with van der Waals surface area (Å²) in [6.45, 7) is 13.2. The van der Waals surface area contributed by atoms with Crippen molar-refractivity contribution in [1.29, 1.82) is 0 Å². The van der Waals surface area contributed by atoms with Crippen LogP contribution in [0.5, 0.6) is 0 Å². The zero-order valence-electron chi connectivity index (χ0n) is 39.6. The van der Waals surface area contributed by atoms with Crippen molar-refractivity contribution in [3.63, 3.8) is 0 Å². The third-order valence-electron chi connectivity index (χ3n) is 13.9. The number of allylic oxidation sites excluding steroid dienone is 4. The number of fused-ring (bicyclic) bond motifs is 4. The van der Waals surface area contributed by atoms with Crippen molar-refractivity contribution in [1.82, 2.24) is 4.57 Å². The Morgan fingerprint density at radius 1 is 0.433 bits per heavy atom. The molecule has 9 aromatic carbocycles. The lowest BCUT2D eigenvalue weighted by atomic mass is 9.90. The van der Waals surface area contributed by atoms with Gasteiger partial charge >= 0.3 is 0 Å². The molecule has 1 aliphatic carbocycles. The Morgan fingerprint density at radius 2 is 1.07 bits per heavy atom. The number of rotatable bonds is 8. The summed E-state index contributed by atoms with van der Waals surface area (Å²) >= 11 is 0. The molecule has 0 atom stereocenters. The molecule has 11 rings (SSSR count). The molecule has 2 nitrogen and oxygen atoms in total. The molecule has 67 heavy (non-hydrogen) atoms. The van der Waals surface area contributed by atoms with E-state index in [1.807, 2.05) is 0 Å². The van der Waals surface area contributed by atoms with E-state index in [1.54, 1.807) is 0 Å². The van der Waals surface area contributed by atoms with Crippen LogP contribution in [-0.2, 0) is 6.42 Å². The van der Waals surface area contributed by atoms with Crippen LogP contribution in [0.2, 0.25) is 0 Å². The zero-order valence-corrected chi connectivity index (χ0v) is 39.6. The molecule has 328 valence electrons. The van der Waals surface area contributed by atoms with Crippen LogP contribution in [0.15, 0.2) is 212 Å². The lowest BCUT2D eigenvalue weighted by Gasteiger charge is -2.30. The fraction of sp³-hybridized carbons (Fsp3) is 0.138. The molecule has 0 fully saturated rings. The highest BCUT2D eigenvalue weighted by atomic mass is 15.1. The predicted molar refractivity (Wildman–Crippen MR) is 289 cm³/mol. The average Bonchev–Trinajstić information content (AvgIpc) is 3.68. The van der Waals surface area contributed by atoms with E-state index >= 15 is 0 Å². The molecule has 1 aromatic heterocycles. The van der Waals surface area contributed by atoms with Gasteiger partial charge in [-0.05, 0) is 198 Å². The first-order valence-corrected chi connectivity index (χ1v) is 23.9. The van der Waals surface area contributed by atoms with Gasteiger partial charge in [-0.1, -0.05) is 146 Å². The topological polar surface area (TPSA) is 8.17 Å². The molecular weight excluding hydrogens is 809 g/mol. The molecule has 0 amide bonds. The molecule has 0 N–H and O–H groups in total. The van der Waals surface area contributed by atoms with E-state index in [0.29, 0.717) is 0 Å². The molecule has 1 heterocycles. The van der Waals surface area contributed by atoms with Crippen LogP contribution in [0, 0.1) is 34.6 Å². The Balaban J connectivity index is 0.000000525. The van der Waals surface area contributed by atoms with E-state index in [2.05, 4.69) is 257 Å². The zero-order chi connectivity index (χ0) is 46.0. The van der Waals surface area contributed by atoms with Crippen LogP contribution < -0.4 is 4.90 Å². The molecule has 1 aliphatic rings. The number of aryl methyl sites for hydroxylation is 6. The smallest absolute Gasteiger partial charge is 0.0547 e. The van der Waals surface area contributed by atoms with Crippen LogP contribution >= 0.6 is 0 Å². The lowest BCUT2D eigenvalue weighted by molar-refractivity contribution is 0.930. The van der Waals surface area contributed by atoms with E-state index in [4.69, 9.17) is 0 Å². The van der Waals surface area contributed by atoms with Crippen molar-refractivity contribution in [2.24, 2.45) is 0 Å². The van der Waals surface area contributed by atoms with Gasteiger partial charge in [0.15, 0.2) is 0 Å². The van der Waals surface area contributed by atoms with Crippen LogP contribution in [0.3, 0.4) is 0 Å². The van der Waals surface area contributed by atoms with E-state index < -0.39 is 0 Å². The minimum Gasteiger partial charge on any atom is -0.314 e. The van der Waals surface area contributed by atoms with Crippen molar-refractivity contribution in [3.05, 3.63) is 251 Å². The number of anilines is 2. The fourth-order valence-corrected chi connectivity index (χ4v) is 10.3. The quantitative estimate of drug-likeness (QED) is 0.148. The summed E-state index contributed by atoms with van der Waals surface area (Å²) < 4.78 is 2.45. The predicted octanol–water partition coefficient (Wildman–Crippen LogP) is 18.0.